The molecule has 0 saturated carbocycles. The zero-order chi connectivity index (χ0) is 17.2. The molecular weight excluding hydrogens is 360 g/mol. The first-order valence-electron chi connectivity index (χ1n) is 5.97. The van der Waals surface area contributed by atoms with E-state index in [4.69, 9.17) is 27.9 Å². The van der Waals surface area contributed by atoms with Crippen molar-refractivity contribution >= 4 is 28.9 Å². The number of nitro groups is 1. The van der Waals surface area contributed by atoms with Crippen LogP contribution in [-0.2, 0) is 0 Å². The molecule has 122 valence electrons. The van der Waals surface area contributed by atoms with Crippen LogP contribution in [0, 0.1) is 10.1 Å². The van der Waals surface area contributed by atoms with Crippen molar-refractivity contribution in [1.29, 1.82) is 0 Å². The molecule has 0 N–H and O–H groups in total. The Balaban J connectivity index is 2.32. The van der Waals surface area contributed by atoms with E-state index in [1.54, 1.807) is 0 Å². The number of halogens is 5. The van der Waals surface area contributed by atoms with Gasteiger partial charge in [0.15, 0.2) is 0 Å². The van der Waals surface area contributed by atoms with Crippen molar-refractivity contribution in [2.75, 3.05) is 0 Å². The molecule has 0 amide bonds. The Morgan fingerprint density at radius 2 is 1.87 bits per heavy atom. The molecule has 23 heavy (non-hydrogen) atoms. The lowest BCUT2D eigenvalue weighted by molar-refractivity contribution is -0.385. The van der Waals surface area contributed by atoms with Gasteiger partial charge >= 0.3 is 6.18 Å². The van der Waals surface area contributed by atoms with Crippen LogP contribution in [0.15, 0.2) is 36.5 Å². The summed E-state index contributed by atoms with van der Waals surface area (Å²) >= 11 is 11.4. The highest BCUT2D eigenvalue weighted by atomic mass is 35.5. The predicted molar refractivity (Wildman–Crippen MR) is 76.8 cm³/mol. The topological polar surface area (TPSA) is 65.3 Å². The molecule has 2 aromatic rings. The Hall–Kier alpha value is -2.06. The zero-order valence-electron chi connectivity index (χ0n) is 11.1. The molecule has 0 fully saturated rings. The lowest BCUT2D eigenvalue weighted by Gasteiger charge is -2.21. The van der Waals surface area contributed by atoms with Crippen LogP contribution in [0.1, 0.15) is 11.7 Å². The second kappa shape index (κ2) is 6.59. The van der Waals surface area contributed by atoms with Gasteiger partial charge in [-0.2, -0.15) is 13.2 Å². The van der Waals surface area contributed by atoms with E-state index < -0.39 is 23.1 Å². The molecule has 1 atom stereocenters. The molecule has 0 spiro atoms. The highest BCUT2D eigenvalue weighted by Crippen LogP contribution is 2.38. The van der Waals surface area contributed by atoms with Crippen molar-refractivity contribution in [2.45, 2.75) is 12.3 Å². The summed E-state index contributed by atoms with van der Waals surface area (Å²) in [7, 11) is 0. The van der Waals surface area contributed by atoms with Gasteiger partial charge in [-0.1, -0.05) is 29.3 Å². The number of hydrogen-bond donors (Lipinski definition) is 0. The zero-order valence-corrected chi connectivity index (χ0v) is 12.6. The van der Waals surface area contributed by atoms with E-state index in [1.807, 2.05) is 0 Å². The van der Waals surface area contributed by atoms with E-state index in [0.717, 1.165) is 30.5 Å². The SMILES string of the molecule is O=[N+]([O-])c1ccc(OC(c2ccc(Cl)c(Cl)c2)C(F)(F)F)nc1. The maximum Gasteiger partial charge on any atom is 0.429 e. The van der Waals surface area contributed by atoms with Crippen molar-refractivity contribution in [3.63, 3.8) is 0 Å². The summed E-state index contributed by atoms with van der Waals surface area (Å²) in [4.78, 5) is 13.3. The molecule has 0 bridgehead atoms. The summed E-state index contributed by atoms with van der Waals surface area (Å²) in [5.41, 5.74) is -0.637. The van der Waals surface area contributed by atoms with Crippen LogP contribution in [-0.4, -0.2) is 16.1 Å². The van der Waals surface area contributed by atoms with E-state index in [2.05, 4.69) is 4.98 Å². The summed E-state index contributed by atoms with van der Waals surface area (Å²) in [6.45, 7) is 0. The summed E-state index contributed by atoms with van der Waals surface area (Å²) in [5, 5.41) is 10.5. The third-order valence-corrected chi connectivity index (χ3v) is 3.45. The Morgan fingerprint density at radius 3 is 2.35 bits per heavy atom. The number of aromatic nitrogens is 1. The monoisotopic (exact) mass is 366 g/mol. The van der Waals surface area contributed by atoms with Crippen LogP contribution in [0.2, 0.25) is 10.0 Å². The van der Waals surface area contributed by atoms with Gasteiger partial charge in [0.05, 0.1) is 15.0 Å². The van der Waals surface area contributed by atoms with Gasteiger partial charge in [0.2, 0.25) is 12.0 Å². The third kappa shape index (κ3) is 4.23. The van der Waals surface area contributed by atoms with Crippen LogP contribution in [0.25, 0.3) is 0 Å². The Bertz CT molecular complexity index is 723. The van der Waals surface area contributed by atoms with Crippen molar-refractivity contribution in [1.82, 2.24) is 4.98 Å². The van der Waals surface area contributed by atoms with Gasteiger partial charge in [0.25, 0.3) is 5.69 Å². The fraction of sp³-hybridized carbons (Fsp3) is 0.154. The molecule has 0 saturated heterocycles. The first-order valence-corrected chi connectivity index (χ1v) is 6.73. The highest BCUT2D eigenvalue weighted by molar-refractivity contribution is 6.42. The van der Waals surface area contributed by atoms with E-state index >= 15 is 0 Å². The minimum Gasteiger partial charge on any atom is -0.460 e. The number of ether oxygens (including phenoxy) is 1. The lowest BCUT2D eigenvalue weighted by atomic mass is 10.1. The minimum absolute atomic E-state index is 0.0568. The largest absolute Gasteiger partial charge is 0.460 e. The van der Waals surface area contributed by atoms with E-state index in [-0.39, 0.29) is 21.3 Å². The molecule has 1 aromatic carbocycles. The van der Waals surface area contributed by atoms with Crippen molar-refractivity contribution < 1.29 is 22.8 Å². The lowest BCUT2D eigenvalue weighted by Crippen LogP contribution is -2.26. The fourth-order valence-corrected chi connectivity index (χ4v) is 1.98. The van der Waals surface area contributed by atoms with Crippen LogP contribution >= 0.6 is 23.2 Å². The second-order valence-electron chi connectivity index (χ2n) is 4.32. The molecule has 1 heterocycles. The predicted octanol–water partition coefficient (Wildman–Crippen LogP) is 4.98. The minimum atomic E-state index is -4.75. The van der Waals surface area contributed by atoms with Crippen LogP contribution in [0.3, 0.4) is 0 Å². The maximum absolute atomic E-state index is 13.2. The Morgan fingerprint density at radius 1 is 1.17 bits per heavy atom. The van der Waals surface area contributed by atoms with Gasteiger partial charge < -0.3 is 4.74 Å². The summed E-state index contributed by atoms with van der Waals surface area (Å²) in [6.07, 6.45) is -6.29. The van der Waals surface area contributed by atoms with Crippen LogP contribution < -0.4 is 4.74 Å². The van der Waals surface area contributed by atoms with Gasteiger partial charge in [-0.3, -0.25) is 10.1 Å². The summed E-state index contributed by atoms with van der Waals surface area (Å²) in [6, 6.07) is 5.34. The number of pyridine rings is 1. The molecule has 0 radical (unpaired) electrons. The Kier molecular flexibility index (Phi) is 4.96. The maximum atomic E-state index is 13.2. The molecule has 0 aliphatic carbocycles. The molecule has 0 aliphatic heterocycles. The van der Waals surface area contributed by atoms with Crippen molar-refractivity contribution in [2.24, 2.45) is 0 Å². The van der Waals surface area contributed by atoms with Crippen LogP contribution in [0.4, 0.5) is 18.9 Å². The van der Waals surface area contributed by atoms with Crippen molar-refractivity contribution in [3.8, 4) is 5.88 Å². The average Bonchev–Trinajstić information content (AvgIpc) is 2.47. The first kappa shape index (κ1) is 17.3. The molecular formula is C13H7Cl2F3N2O3. The molecule has 1 unspecified atom stereocenters. The standard InChI is InChI=1S/C13H7Cl2F3N2O3/c14-9-3-1-7(5-10(9)15)12(13(16,17)18)23-11-4-2-8(6-19-11)20(21)22/h1-6,12H. The average molecular weight is 367 g/mol. The van der Waals surface area contributed by atoms with Gasteiger partial charge in [-0.25, -0.2) is 4.98 Å². The van der Waals surface area contributed by atoms with Crippen LogP contribution in [0.5, 0.6) is 5.88 Å². The molecule has 5 nitrogen and oxygen atoms in total. The summed E-state index contributed by atoms with van der Waals surface area (Å²) < 4.78 is 44.4. The number of alkyl halides is 3. The van der Waals surface area contributed by atoms with E-state index in [9.17, 15) is 23.3 Å². The molecule has 0 aliphatic rings. The number of nitrogens with zero attached hydrogens (tertiary/aromatic N) is 2. The van der Waals surface area contributed by atoms with Gasteiger partial charge in [0, 0.05) is 17.7 Å². The summed E-state index contributed by atoms with van der Waals surface area (Å²) in [5.74, 6) is -0.413. The van der Waals surface area contributed by atoms with Crippen molar-refractivity contribution in [3.05, 3.63) is 62.3 Å². The molecule has 10 heteroatoms. The fourth-order valence-electron chi connectivity index (χ4n) is 1.67. The smallest absolute Gasteiger partial charge is 0.429 e. The van der Waals surface area contributed by atoms with Gasteiger partial charge in [-0.15, -0.1) is 0 Å². The molecule has 1 aromatic heterocycles. The van der Waals surface area contributed by atoms with Gasteiger partial charge in [0.1, 0.15) is 6.20 Å². The third-order valence-electron chi connectivity index (χ3n) is 2.71. The second-order valence-corrected chi connectivity index (χ2v) is 5.14. The Labute approximate surface area is 137 Å². The van der Waals surface area contributed by atoms with E-state index in [1.165, 1.54) is 6.07 Å². The van der Waals surface area contributed by atoms with E-state index in [0.29, 0.717) is 0 Å². The highest BCUT2D eigenvalue weighted by Gasteiger charge is 2.43. The number of benzene rings is 1. The first-order chi connectivity index (χ1) is 10.7. The number of hydrogen-bond acceptors (Lipinski definition) is 4. The number of rotatable bonds is 4. The quantitative estimate of drug-likeness (QED) is 0.565. The van der Waals surface area contributed by atoms with Gasteiger partial charge in [-0.05, 0) is 12.1 Å². The normalized spacial score (nSPS) is 12.7. The molecule has 2 rings (SSSR count).